The molecule has 0 radical (unpaired) electrons. The third-order valence-corrected chi connectivity index (χ3v) is 5.07. The van der Waals surface area contributed by atoms with Crippen LogP contribution in [0.25, 0.3) is 0 Å². The number of carbonyl (C=O) groups is 1. The number of aryl methyl sites for hydroxylation is 2. The standard InChI is InChI=1S/C22H27ClN2O3/c1-16-12-19(23)13-17(2)22(16)28-15-21(26)24-20(18-6-4-3-5-7-18)14-25-8-10-27-11-9-25/h3-7,12-13,20H,8-11,14-15H2,1-2H3,(H,24,26)/t20-/m0/s1. The Morgan fingerprint density at radius 2 is 1.82 bits per heavy atom. The number of nitrogens with zero attached hydrogens (tertiary/aromatic N) is 1. The second kappa shape index (κ2) is 9.92. The molecule has 1 fully saturated rings. The number of ether oxygens (including phenoxy) is 2. The van der Waals surface area contributed by atoms with Crippen LogP contribution in [-0.4, -0.2) is 50.3 Å². The molecule has 1 amide bonds. The maximum absolute atomic E-state index is 12.6. The zero-order chi connectivity index (χ0) is 19.9. The summed E-state index contributed by atoms with van der Waals surface area (Å²) in [6, 6.07) is 13.6. The van der Waals surface area contributed by atoms with Crippen molar-refractivity contribution < 1.29 is 14.3 Å². The number of nitrogens with one attached hydrogen (secondary N) is 1. The van der Waals surface area contributed by atoms with E-state index in [2.05, 4.69) is 10.2 Å². The number of amides is 1. The van der Waals surface area contributed by atoms with Gasteiger partial charge in [0.05, 0.1) is 19.3 Å². The first-order valence-electron chi connectivity index (χ1n) is 9.57. The van der Waals surface area contributed by atoms with Crippen LogP contribution in [0.4, 0.5) is 0 Å². The molecule has 0 aliphatic carbocycles. The molecule has 0 bridgehead atoms. The molecule has 6 heteroatoms. The molecule has 28 heavy (non-hydrogen) atoms. The van der Waals surface area contributed by atoms with E-state index in [1.165, 1.54) is 0 Å². The number of hydrogen-bond acceptors (Lipinski definition) is 4. The van der Waals surface area contributed by atoms with E-state index in [0.29, 0.717) is 10.8 Å². The van der Waals surface area contributed by atoms with Crippen LogP contribution in [0.3, 0.4) is 0 Å². The first-order valence-corrected chi connectivity index (χ1v) is 9.94. The van der Waals surface area contributed by atoms with Crippen LogP contribution in [0.5, 0.6) is 5.75 Å². The topological polar surface area (TPSA) is 50.8 Å². The van der Waals surface area contributed by atoms with Crippen molar-refractivity contribution in [2.24, 2.45) is 0 Å². The van der Waals surface area contributed by atoms with Crippen molar-refractivity contribution in [3.8, 4) is 5.75 Å². The average Bonchev–Trinajstić information content (AvgIpc) is 2.68. The maximum Gasteiger partial charge on any atom is 0.258 e. The first-order chi connectivity index (χ1) is 13.5. The summed E-state index contributed by atoms with van der Waals surface area (Å²) in [5, 5.41) is 3.80. The third-order valence-electron chi connectivity index (χ3n) is 4.85. The molecule has 0 spiro atoms. The number of rotatable bonds is 7. The molecule has 0 saturated carbocycles. The Morgan fingerprint density at radius 3 is 2.46 bits per heavy atom. The molecule has 0 aromatic heterocycles. The number of morpholine rings is 1. The van der Waals surface area contributed by atoms with E-state index in [-0.39, 0.29) is 18.6 Å². The highest BCUT2D eigenvalue weighted by atomic mass is 35.5. The van der Waals surface area contributed by atoms with Crippen molar-refractivity contribution in [1.29, 1.82) is 0 Å². The van der Waals surface area contributed by atoms with Gasteiger partial charge in [0.15, 0.2) is 6.61 Å². The summed E-state index contributed by atoms with van der Waals surface area (Å²) in [5.41, 5.74) is 2.93. The van der Waals surface area contributed by atoms with E-state index in [1.807, 2.05) is 56.3 Å². The third kappa shape index (κ3) is 5.71. The van der Waals surface area contributed by atoms with Gasteiger partial charge in [0, 0.05) is 24.7 Å². The Labute approximate surface area is 171 Å². The van der Waals surface area contributed by atoms with Gasteiger partial charge in [-0.15, -0.1) is 0 Å². The number of hydrogen-bond donors (Lipinski definition) is 1. The van der Waals surface area contributed by atoms with Gasteiger partial charge in [-0.1, -0.05) is 41.9 Å². The van der Waals surface area contributed by atoms with Gasteiger partial charge in [0.2, 0.25) is 0 Å². The highest BCUT2D eigenvalue weighted by molar-refractivity contribution is 6.30. The molecule has 2 aromatic rings. The van der Waals surface area contributed by atoms with Gasteiger partial charge in [-0.2, -0.15) is 0 Å². The van der Waals surface area contributed by atoms with Gasteiger partial charge < -0.3 is 14.8 Å². The van der Waals surface area contributed by atoms with Crippen molar-refractivity contribution in [2.75, 3.05) is 39.5 Å². The van der Waals surface area contributed by atoms with Crippen LogP contribution in [0, 0.1) is 13.8 Å². The molecular formula is C22H27ClN2O3. The van der Waals surface area contributed by atoms with Crippen molar-refractivity contribution in [3.63, 3.8) is 0 Å². The summed E-state index contributed by atoms with van der Waals surface area (Å²) in [6.07, 6.45) is 0. The van der Waals surface area contributed by atoms with Crippen LogP contribution in [0.2, 0.25) is 5.02 Å². The van der Waals surface area contributed by atoms with Crippen LogP contribution in [0.15, 0.2) is 42.5 Å². The summed E-state index contributed by atoms with van der Waals surface area (Å²) in [6.45, 7) is 7.78. The zero-order valence-corrected chi connectivity index (χ0v) is 17.2. The number of halogens is 1. The Hall–Kier alpha value is -2.08. The van der Waals surface area contributed by atoms with Gasteiger partial charge in [-0.3, -0.25) is 9.69 Å². The van der Waals surface area contributed by atoms with Crippen molar-refractivity contribution in [1.82, 2.24) is 10.2 Å². The van der Waals surface area contributed by atoms with Crippen molar-refractivity contribution >= 4 is 17.5 Å². The molecular weight excluding hydrogens is 376 g/mol. The van der Waals surface area contributed by atoms with Gasteiger partial charge in [0.25, 0.3) is 5.91 Å². The van der Waals surface area contributed by atoms with E-state index in [1.54, 1.807) is 0 Å². The van der Waals surface area contributed by atoms with Gasteiger partial charge >= 0.3 is 0 Å². The summed E-state index contributed by atoms with van der Waals surface area (Å²) >= 11 is 6.07. The lowest BCUT2D eigenvalue weighted by molar-refractivity contribution is -0.124. The number of carbonyl (C=O) groups excluding carboxylic acids is 1. The molecule has 0 unspecified atom stereocenters. The summed E-state index contributed by atoms with van der Waals surface area (Å²) in [5.74, 6) is 0.569. The second-order valence-electron chi connectivity index (χ2n) is 7.10. The van der Waals surface area contributed by atoms with Crippen LogP contribution >= 0.6 is 11.6 Å². The average molecular weight is 403 g/mol. The predicted octanol–water partition coefficient (Wildman–Crippen LogP) is 3.53. The second-order valence-corrected chi connectivity index (χ2v) is 7.54. The highest BCUT2D eigenvalue weighted by Crippen LogP contribution is 2.27. The van der Waals surface area contributed by atoms with Crippen LogP contribution in [0.1, 0.15) is 22.7 Å². The molecule has 3 rings (SSSR count). The van der Waals surface area contributed by atoms with E-state index in [9.17, 15) is 4.79 Å². The smallest absolute Gasteiger partial charge is 0.258 e. The van der Waals surface area contributed by atoms with Gasteiger partial charge in [0.1, 0.15) is 5.75 Å². The molecule has 1 saturated heterocycles. The quantitative estimate of drug-likeness (QED) is 0.769. The van der Waals surface area contributed by atoms with Gasteiger partial charge in [-0.25, -0.2) is 0 Å². The Bertz CT molecular complexity index is 769. The molecule has 150 valence electrons. The van der Waals surface area contributed by atoms with E-state index >= 15 is 0 Å². The van der Waals surface area contributed by atoms with Gasteiger partial charge in [-0.05, 0) is 42.7 Å². The summed E-state index contributed by atoms with van der Waals surface area (Å²) < 4.78 is 11.2. The van der Waals surface area contributed by atoms with Crippen molar-refractivity contribution in [2.45, 2.75) is 19.9 Å². The lowest BCUT2D eigenvalue weighted by Crippen LogP contribution is -2.44. The molecule has 1 aliphatic heterocycles. The van der Waals surface area contributed by atoms with Crippen molar-refractivity contribution in [3.05, 3.63) is 64.2 Å². The fourth-order valence-corrected chi connectivity index (χ4v) is 3.79. The molecule has 1 heterocycles. The van der Waals surface area contributed by atoms with Crippen LogP contribution < -0.4 is 10.1 Å². The fraction of sp³-hybridized carbons (Fsp3) is 0.409. The molecule has 1 N–H and O–H groups in total. The van der Waals surface area contributed by atoms with E-state index < -0.39 is 0 Å². The monoisotopic (exact) mass is 402 g/mol. The van der Waals surface area contributed by atoms with E-state index in [0.717, 1.165) is 49.5 Å². The zero-order valence-electron chi connectivity index (χ0n) is 16.4. The molecule has 1 atom stereocenters. The highest BCUT2D eigenvalue weighted by Gasteiger charge is 2.20. The van der Waals surface area contributed by atoms with E-state index in [4.69, 9.17) is 21.1 Å². The normalized spacial score (nSPS) is 15.8. The van der Waals surface area contributed by atoms with Crippen LogP contribution in [-0.2, 0) is 9.53 Å². The summed E-state index contributed by atoms with van der Waals surface area (Å²) in [4.78, 5) is 14.9. The molecule has 2 aromatic carbocycles. The Morgan fingerprint density at radius 1 is 1.18 bits per heavy atom. The minimum Gasteiger partial charge on any atom is -0.483 e. The lowest BCUT2D eigenvalue weighted by Gasteiger charge is -2.31. The lowest BCUT2D eigenvalue weighted by atomic mass is 10.1. The predicted molar refractivity (Wildman–Crippen MR) is 111 cm³/mol. The minimum atomic E-state index is -0.143. The summed E-state index contributed by atoms with van der Waals surface area (Å²) in [7, 11) is 0. The SMILES string of the molecule is Cc1cc(Cl)cc(C)c1OCC(=O)N[C@@H](CN1CCOCC1)c1ccccc1. The molecule has 1 aliphatic rings. The first kappa shape index (κ1) is 20.6. The fourth-order valence-electron chi connectivity index (χ4n) is 3.46. The Kier molecular flexibility index (Phi) is 7.31. The Balaban J connectivity index is 1.64. The maximum atomic E-state index is 12.6. The number of benzene rings is 2. The largest absolute Gasteiger partial charge is 0.483 e. The molecule has 5 nitrogen and oxygen atoms in total. The minimum absolute atomic E-state index is 0.0320.